The largest absolute Gasteiger partial charge is 0.443 e. The van der Waals surface area contributed by atoms with Crippen molar-refractivity contribution in [3.8, 4) is 0 Å². The molecule has 2 fully saturated rings. The average Bonchev–Trinajstić information content (AvgIpc) is 3.10. The topological polar surface area (TPSA) is 86.3 Å². The van der Waals surface area contributed by atoms with Gasteiger partial charge in [-0.25, -0.2) is 4.79 Å². The molecule has 4 rings (SSSR count). The number of benzene rings is 1. The van der Waals surface area contributed by atoms with Gasteiger partial charge in [-0.2, -0.15) is 0 Å². The van der Waals surface area contributed by atoms with Crippen LogP contribution in [-0.4, -0.2) is 28.2 Å². The number of nitrogens with two attached hydrogens (primary N) is 1. The second-order valence-corrected chi connectivity index (χ2v) is 12.6. The van der Waals surface area contributed by atoms with Gasteiger partial charge >= 0.3 is 6.09 Å². The molecule has 2 saturated carbocycles. The van der Waals surface area contributed by atoms with Gasteiger partial charge in [-0.3, -0.25) is 4.79 Å². The molecule has 2 aliphatic carbocycles. The molecule has 0 atom stereocenters. The van der Waals surface area contributed by atoms with E-state index in [1.807, 2.05) is 0 Å². The Labute approximate surface area is 217 Å². The van der Waals surface area contributed by atoms with E-state index in [2.05, 4.69) is 71.0 Å². The Morgan fingerprint density at radius 2 is 1.83 bits per heavy atom. The van der Waals surface area contributed by atoms with Crippen molar-refractivity contribution >= 4 is 38.8 Å². The molecule has 0 aliphatic heterocycles. The zero-order chi connectivity index (χ0) is 25.2. The lowest BCUT2D eigenvalue weighted by molar-refractivity contribution is -0.123. The van der Waals surface area contributed by atoms with Gasteiger partial charge in [0.05, 0.1) is 6.42 Å². The molecule has 7 heteroatoms. The number of carbonyl (C=O) groups is 2. The van der Waals surface area contributed by atoms with Crippen molar-refractivity contribution in [3.63, 3.8) is 0 Å². The summed E-state index contributed by atoms with van der Waals surface area (Å²) in [7, 11) is 0. The van der Waals surface area contributed by atoms with E-state index >= 15 is 0 Å². The molecule has 2 aliphatic rings. The van der Waals surface area contributed by atoms with Gasteiger partial charge in [0.15, 0.2) is 0 Å². The molecule has 192 valence electrons. The van der Waals surface area contributed by atoms with Gasteiger partial charge in [0, 0.05) is 39.6 Å². The molecule has 1 aromatic heterocycles. The van der Waals surface area contributed by atoms with E-state index in [4.69, 9.17) is 10.5 Å². The number of aromatic nitrogens is 1. The van der Waals surface area contributed by atoms with Gasteiger partial charge in [-0.1, -0.05) is 56.0 Å². The Kier molecular flexibility index (Phi) is 7.84. The molecular formula is C28H40BrN3O3. The predicted molar refractivity (Wildman–Crippen MR) is 143 cm³/mol. The predicted octanol–water partition coefficient (Wildman–Crippen LogP) is 6.47. The van der Waals surface area contributed by atoms with Crippen LogP contribution in [0.2, 0.25) is 0 Å². The van der Waals surface area contributed by atoms with Crippen molar-refractivity contribution in [1.29, 1.82) is 0 Å². The van der Waals surface area contributed by atoms with Crippen LogP contribution in [0.25, 0.3) is 10.9 Å². The van der Waals surface area contributed by atoms with E-state index in [-0.39, 0.29) is 17.4 Å². The van der Waals surface area contributed by atoms with Crippen molar-refractivity contribution in [2.45, 2.75) is 103 Å². The Morgan fingerprint density at radius 3 is 2.46 bits per heavy atom. The number of rotatable bonds is 6. The molecule has 35 heavy (non-hydrogen) atoms. The number of nitrogens with zero attached hydrogens (tertiary/aromatic N) is 1. The standard InChI is InChI=1S/C28H40BrN3O3/c1-27(2,3)28(35-26(30)34)13-11-22(12-14-28)31-25(33)15-20-18-32(17-19-7-5-4-6-8-19)24-10-9-21(29)16-23(20)24/h9-10,16,18-19,22H,4-8,11-15,17H2,1-3H3,(H2,30,34)(H,31,33)/t22-,28-. The second-order valence-electron chi connectivity index (χ2n) is 11.7. The number of halogens is 1. The first-order valence-electron chi connectivity index (χ1n) is 13.1. The van der Waals surface area contributed by atoms with Crippen LogP contribution in [0, 0.1) is 11.3 Å². The molecule has 0 saturated heterocycles. The number of carbonyl (C=O) groups excluding carboxylic acids is 2. The Hall–Kier alpha value is -2.02. The highest BCUT2D eigenvalue weighted by molar-refractivity contribution is 9.10. The molecule has 1 aromatic carbocycles. The third-order valence-electron chi connectivity index (χ3n) is 8.28. The van der Waals surface area contributed by atoms with Gasteiger partial charge in [-0.15, -0.1) is 0 Å². The molecular weight excluding hydrogens is 506 g/mol. The van der Waals surface area contributed by atoms with Crippen molar-refractivity contribution in [2.24, 2.45) is 17.1 Å². The van der Waals surface area contributed by atoms with Gasteiger partial charge in [-0.05, 0) is 68.2 Å². The van der Waals surface area contributed by atoms with Crippen molar-refractivity contribution in [3.05, 3.63) is 34.4 Å². The number of fused-ring (bicyclic) bond motifs is 1. The highest BCUT2D eigenvalue weighted by Crippen LogP contribution is 2.45. The summed E-state index contributed by atoms with van der Waals surface area (Å²) in [5.41, 5.74) is 6.87. The molecule has 3 N–H and O–H groups in total. The van der Waals surface area contributed by atoms with Crippen molar-refractivity contribution < 1.29 is 14.3 Å². The number of ether oxygens (including phenoxy) is 1. The number of amides is 2. The van der Waals surface area contributed by atoms with E-state index in [1.54, 1.807) is 0 Å². The first-order valence-corrected chi connectivity index (χ1v) is 13.9. The molecule has 0 radical (unpaired) electrons. The zero-order valence-electron chi connectivity index (χ0n) is 21.4. The monoisotopic (exact) mass is 545 g/mol. The van der Waals surface area contributed by atoms with Crippen LogP contribution >= 0.6 is 15.9 Å². The maximum absolute atomic E-state index is 13.1. The smallest absolute Gasteiger partial charge is 0.405 e. The summed E-state index contributed by atoms with van der Waals surface area (Å²) >= 11 is 3.61. The van der Waals surface area contributed by atoms with Gasteiger partial charge < -0.3 is 20.4 Å². The number of hydrogen-bond donors (Lipinski definition) is 2. The molecule has 1 heterocycles. The van der Waals surface area contributed by atoms with E-state index in [9.17, 15) is 9.59 Å². The van der Waals surface area contributed by atoms with Crippen LogP contribution in [-0.2, 0) is 22.5 Å². The fraction of sp³-hybridized carbons (Fsp3) is 0.643. The van der Waals surface area contributed by atoms with Gasteiger partial charge in [0.2, 0.25) is 5.91 Å². The lowest BCUT2D eigenvalue weighted by atomic mass is 9.67. The summed E-state index contributed by atoms with van der Waals surface area (Å²) in [5.74, 6) is 0.767. The summed E-state index contributed by atoms with van der Waals surface area (Å²) < 4.78 is 9.03. The van der Waals surface area contributed by atoms with E-state index in [1.165, 1.54) is 37.6 Å². The summed E-state index contributed by atoms with van der Waals surface area (Å²) in [6.07, 6.45) is 11.4. The minimum Gasteiger partial charge on any atom is -0.443 e. The van der Waals surface area contributed by atoms with Crippen LogP contribution in [0.5, 0.6) is 0 Å². The highest BCUT2D eigenvalue weighted by atomic mass is 79.9. The van der Waals surface area contributed by atoms with Crippen LogP contribution in [0.15, 0.2) is 28.9 Å². The van der Waals surface area contributed by atoms with E-state index < -0.39 is 11.7 Å². The Morgan fingerprint density at radius 1 is 1.14 bits per heavy atom. The Balaban J connectivity index is 1.43. The summed E-state index contributed by atoms with van der Waals surface area (Å²) in [4.78, 5) is 24.7. The highest BCUT2D eigenvalue weighted by Gasteiger charge is 2.47. The summed E-state index contributed by atoms with van der Waals surface area (Å²) in [6.45, 7) is 7.26. The van der Waals surface area contributed by atoms with Crippen LogP contribution < -0.4 is 11.1 Å². The third kappa shape index (κ3) is 6.04. The maximum atomic E-state index is 13.1. The van der Waals surface area contributed by atoms with E-state index in [0.717, 1.165) is 40.7 Å². The molecule has 6 nitrogen and oxygen atoms in total. The van der Waals surface area contributed by atoms with E-state index in [0.29, 0.717) is 19.3 Å². The fourth-order valence-electron chi connectivity index (χ4n) is 6.16. The molecule has 0 unspecified atom stereocenters. The minimum atomic E-state index is -0.724. The first-order chi connectivity index (χ1) is 16.6. The van der Waals surface area contributed by atoms with Crippen molar-refractivity contribution in [1.82, 2.24) is 9.88 Å². The minimum absolute atomic E-state index is 0.0470. The van der Waals surface area contributed by atoms with Crippen LogP contribution in [0.1, 0.15) is 84.1 Å². The zero-order valence-corrected chi connectivity index (χ0v) is 23.0. The first kappa shape index (κ1) is 26.1. The lowest BCUT2D eigenvalue weighted by Crippen LogP contribution is -2.53. The molecule has 2 amide bonds. The maximum Gasteiger partial charge on any atom is 0.405 e. The molecule has 0 spiro atoms. The number of hydrogen-bond acceptors (Lipinski definition) is 3. The quantitative estimate of drug-likeness (QED) is 0.436. The summed E-state index contributed by atoms with van der Waals surface area (Å²) in [5, 5.41) is 4.40. The second kappa shape index (κ2) is 10.5. The molecule has 0 bridgehead atoms. The lowest BCUT2D eigenvalue weighted by Gasteiger charge is -2.47. The van der Waals surface area contributed by atoms with Gasteiger partial charge in [0.25, 0.3) is 0 Å². The van der Waals surface area contributed by atoms with Gasteiger partial charge in [0.1, 0.15) is 5.60 Å². The normalized spacial score (nSPS) is 23.8. The Bertz CT molecular complexity index is 1060. The SMILES string of the molecule is CC(C)(C)[C@]1(OC(N)=O)CC[C@H](NC(=O)Cc2cn(CC3CCCCC3)c3ccc(Br)cc23)CC1. The third-order valence-corrected chi connectivity index (χ3v) is 8.77. The van der Waals surface area contributed by atoms with Crippen LogP contribution in [0.3, 0.4) is 0 Å². The number of primary amides is 1. The van der Waals surface area contributed by atoms with Crippen LogP contribution in [0.4, 0.5) is 4.79 Å². The fourth-order valence-corrected chi connectivity index (χ4v) is 6.52. The summed E-state index contributed by atoms with van der Waals surface area (Å²) in [6, 6.07) is 6.46. The van der Waals surface area contributed by atoms with Crippen molar-refractivity contribution in [2.75, 3.05) is 0 Å². The molecule has 2 aromatic rings. The number of nitrogens with one attached hydrogen (secondary N) is 1. The average molecular weight is 547 g/mol.